The van der Waals surface area contributed by atoms with Gasteiger partial charge in [0.15, 0.2) is 52.1 Å². The van der Waals surface area contributed by atoms with Crippen molar-refractivity contribution in [1.82, 2.24) is 73.9 Å². The number of anilines is 5. The molecule has 550 valence electrons. The second kappa shape index (κ2) is 34.3. The molecule has 11 heterocycles. The van der Waals surface area contributed by atoms with Crippen LogP contribution in [0.1, 0.15) is 82.8 Å². The van der Waals surface area contributed by atoms with Gasteiger partial charge in [-0.15, -0.1) is 0 Å². The number of phenolic OH excluding ortho intramolecular Hbond substituents is 1. The van der Waals surface area contributed by atoms with Crippen molar-refractivity contribution in [3.8, 4) is 39.9 Å². The molecule has 0 bridgehead atoms. The number of rotatable bonds is 21. The predicted octanol–water partition coefficient (Wildman–Crippen LogP) is 11.1. The van der Waals surface area contributed by atoms with Crippen LogP contribution in [0.5, 0.6) is 5.75 Å². The van der Waals surface area contributed by atoms with Gasteiger partial charge in [0.2, 0.25) is 0 Å². The first-order valence-corrected chi connectivity index (χ1v) is 35.5. The van der Waals surface area contributed by atoms with Gasteiger partial charge in [0.25, 0.3) is 0 Å². The quantitative estimate of drug-likeness (QED) is 0.0384. The van der Waals surface area contributed by atoms with Crippen molar-refractivity contribution in [3.05, 3.63) is 129 Å². The number of morpholine rings is 1. The maximum atomic E-state index is 11.5. The Kier molecular flexibility index (Phi) is 24.0. The number of hydrogen-bond donors (Lipinski definition) is 4. The molecule has 3 aromatic carbocycles. The second-order valence-electron chi connectivity index (χ2n) is 25.7. The fourth-order valence-electron chi connectivity index (χ4n) is 13.7. The van der Waals surface area contributed by atoms with Gasteiger partial charge >= 0.3 is 12.2 Å². The number of fused-ring (bicyclic) bond motifs is 3. The summed E-state index contributed by atoms with van der Waals surface area (Å²) in [5.74, 6) is 6.49. The maximum absolute atomic E-state index is 11.5. The van der Waals surface area contributed by atoms with Crippen LogP contribution in [0.4, 0.5) is 38.4 Å². The Morgan fingerprint density at radius 3 is 1.36 bits per heavy atom. The summed E-state index contributed by atoms with van der Waals surface area (Å²) in [6.07, 6.45) is 13.7. The van der Waals surface area contributed by atoms with E-state index in [2.05, 4.69) is 74.3 Å². The van der Waals surface area contributed by atoms with E-state index in [1.807, 2.05) is 83.4 Å². The number of likely N-dealkylation sites (tertiary alicyclic amines) is 3. The van der Waals surface area contributed by atoms with Crippen molar-refractivity contribution in [2.45, 2.75) is 82.8 Å². The fraction of sp³-hybridized carbons (Fsp3) is 0.446. The van der Waals surface area contributed by atoms with Gasteiger partial charge in [-0.05, 0) is 145 Å². The van der Waals surface area contributed by atoms with Crippen LogP contribution in [-0.4, -0.2) is 225 Å². The Hall–Kier alpha value is -11.0. The first-order valence-electron chi connectivity index (χ1n) is 35.5. The van der Waals surface area contributed by atoms with Crippen molar-refractivity contribution in [3.63, 3.8) is 0 Å². The first-order chi connectivity index (χ1) is 50.8. The van der Waals surface area contributed by atoms with Crippen LogP contribution in [0.15, 0.2) is 129 Å². The SMILES string of the molecule is C=C(OC)N1CCC(n2ncc3c(N4CCCCC4)nc(-c4ccc(NC(=O)OC)cc4)nc32)CC1.C=C(OC)N1CCC(n2ncc3c(N4CCOCC4)nc(-c4ccccc4O)nc32)CC1.C=C(OC)N1CCC(n2ncc3c(NCCOCC)nc(-c4ccc(NC(=O)OC)cc4)nc32)CC1. The third-order valence-electron chi connectivity index (χ3n) is 19.5. The lowest BCUT2D eigenvalue weighted by molar-refractivity contribution is 0.118. The molecule has 0 saturated carbocycles. The molecule has 4 N–H and O–H groups in total. The minimum Gasteiger partial charge on any atom is -0.507 e. The number of hydrogen-bond acceptors (Lipinski definition) is 25. The molecule has 2 amide bonds. The Labute approximate surface area is 604 Å². The number of aromatic hydroxyl groups is 1. The van der Waals surface area contributed by atoms with Crippen LogP contribution in [0.25, 0.3) is 67.3 Å². The average molecular weight is 1420 g/mol. The third-order valence-corrected chi connectivity index (χ3v) is 19.5. The topological polar surface area (TPSA) is 302 Å². The number of methoxy groups -OCH3 is 5. The molecule has 5 aliphatic rings. The first kappa shape index (κ1) is 72.8. The van der Waals surface area contributed by atoms with Crippen LogP contribution in [0.2, 0.25) is 0 Å². The van der Waals surface area contributed by atoms with Crippen molar-refractivity contribution >= 4 is 74.1 Å². The molecule has 0 spiro atoms. The van der Waals surface area contributed by atoms with Crippen molar-refractivity contribution in [2.75, 3.05) is 160 Å². The molecule has 0 atom stereocenters. The molecule has 5 fully saturated rings. The molecule has 5 aliphatic heterocycles. The van der Waals surface area contributed by atoms with E-state index in [-0.39, 0.29) is 23.9 Å². The maximum Gasteiger partial charge on any atom is 0.411 e. The monoisotopic (exact) mass is 1420 g/mol. The Balaban J connectivity index is 0.000000147. The summed E-state index contributed by atoms with van der Waals surface area (Å²) in [5.41, 5.74) is 6.02. The Bertz CT molecular complexity index is 4410. The van der Waals surface area contributed by atoms with Gasteiger partial charge in [0.1, 0.15) is 23.2 Å². The lowest BCUT2D eigenvalue weighted by Crippen LogP contribution is -2.37. The lowest BCUT2D eigenvalue weighted by atomic mass is 10.1. The number of ether oxygens (including phenoxy) is 7. The van der Waals surface area contributed by atoms with Crippen LogP contribution >= 0.6 is 0 Å². The summed E-state index contributed by atoms with van der Waals surface area (Å²) in [7, 11) is 7.63. The highest BCUT2D eigenvalue weighted by Gasteiger charge is 2.31. The smallest absolute Gasteiger partial charge is 0.411 e. The number of nitrogens with one attached hydrogen (secondary N) is 3. The highest BCUT2D eigenvalue weighted by atomic mass is 16.5. The standard InChI is InChI=1S/C26H33N7O3.C25H33N7O4.C23H28N6O3/c1-18(35-2)31-15-11-21(12-16-31)33-25-22(17-27-33)24(32-13-5-4-6-14-32)29-23(30-25)19-7-9-20(10-8-19)28-26(34)36-3;1-5-36-15-12-26-23-21-16-27-32(20-10-13-31(14-11-20)17(2)34-3)24(21)30-22(29-23)18-6-8-19(9-7-18)28-25(33)35-4;1-16(31-2)27-9-7-17(8-10-27)29-23-19(15-24-29)22(28-11-13-32-14-12-28)25-21(26-23)18-5-3-4-6-20(18)30/h7-10,17,21H,1,4-6,11-16H2,2-3H3,(H,28,34);6-9,16,20H,2,5,10-15H2,1,3-4H3,(H,28,33)(H,26,29,30);3-6,15,17,30H,1,7-14H2,2H3. The van der Waals surface area contributed by atoms with Crippen LogP contribution in [0, 0.1) is 0 Å². The molecule has 0 unspecified atom stereocenters. The molecule has 9 aromatic rings. The van der Waals surface area contributed by atoms with E-state index in [0.29, 0.717) is 90.9 Å². The van der Waals surface area contributed by atoms with Crippen LogP contribution in [-0.2, 0) is 33.2 Å². The molecule has 14 rings (SSSR count). The average Bonchev–Trinajstić information content (AvgIpc) is 1.60. The van der Waals surface area contributed by atoms with Crippen molar-refractivity contribution in [1.29, 1.82) is 0 Å². The molecule has 6 aromatic heterocycles. The second-order valence-corrected chi connectivity index (χ2v) is 25.7. The van der Waals surface area contributed by atoms with Crippen molar-refractivity contribution in [2.24, 2.45) is 0 Å². The van der Waals surface area contributed by atoms with Gasteiger partial charge in [-0.3, -0.25) is 10.6 Å². The fourth-order valence-corrected chi connectivity index (χ4v) is 13.7. The number of amides is 2. The van der Waals surface area contributed by atoms with Gasteiger partial charge in [-0.2, -0.15) is 15.3 Å². The van der Waals surface area contributed by atoms with Crippen LogP contribution in [0.3, 0.4) is 0 Å². The van der Waals surface area contributed by atoms with E-state index in [1.54, 1.807) is 45.6 Å². The zero-order valence-corrected chi connectivity index (χ0v) is 60.2. The normalized spacial score (nSPS) is 16.1. The minimum atomic E-state index is -0.523. The number of aromatic nitrogens is 12. The number of piperidine rings is 4. The molecule has 0 aliphatic carbocycles. The van der Waals surface area contributed by atoms with E-state index in [9.17, 15) is 14.7 Å². The van der Waals surface area contributed by atoms with Gasteiger partial charge in [-0.1, -0.05) is 12.1 Å². The zero-order chi connectivity index (χ0) is 72.6. The van der Waals surface area contributed by atoms with E-state index in [0.717, 1.165) is 173 Å². The number of carbonyl (C=O) groups excluding carboxylic acids is 2. The molecule has 104 heavy (non-hydrogen) atoms. The van der Waals surface area contributed by atoms with Crippen LogP contribution < -0.4 is 25.8 Å². The van der Waals surface area contributed by atoms with E-state index < -0.39 is 12.2 Å². The van der Waals surface area contributed by atoms with Gasteiger partial charge < -0.3 is 68.1 Å². The summed E-state index contributed by atoms with van der Waals surface area (Å²) >= 11 is 0. The summed E-state index contributed by atoms with van der Waals surface area (Å²) in [4.78, 5) is 63.6. The lowest BCUT2D eigenvalue weighted by Gasteiger charge is -2.33. The number of carbonyl (C=O) groups is 2. The molecule has 30 nitrogen and oxygen atoms in total. The molecule has 0 radical (unpaired) electrons. The van der Waals surface area contributed by atoms with Gasteiger partial charge in [-0.25, -0.2) is 53.5 Å². The highest BCUT2D eigenvalue weighted by molar-refractivity contribution is 5.92. The Morgan fingerprint density at radius 2 is 0.913 bits per heavy atom. The summed E-state index contributed by atoms with van der Waals surface area (Å²) in [5, 5.41) is 36.2. The Morgan fingerprint density at radius 1 is 0.500 bits per heavy atom. The van der Waals surface area contributed by atoms with E-state index in [4.69, 9.17) is 68.9 Å². The third kappa shape index (κ3) is 16.9. The molecular formula is C74H94N20O10. The van der Waals surface area contributed by atoms with Gasteiger partial charge in [0.05, 0.1) is 114 Å². The minimum absolute atomic E-state index is 0.164. The number of phenols is 1. The van der Waals surface area contributed by atoms with E-state index >= 15 is 0 Å². The largest absolute Gasteiger partial charge is 0.507 e. The molecular weight excluding hydrogens is 1330 g/mol. The summed E-state index contributed by atoms with van der Waals surface area (Å²) < 4.78 is 42.4. The zero-order valence-electron chi connectivity index (χ0n) is 60.2. The number of benzene rings is 3. The number of para-hydroxylation sites is 1. The molecule has 5 saturated heterocycles. The summed E-state index contributed by atoms with van der Waals surface area (Å²) in [6, 6.07) is 22.7. The van der Waals surface area contributed by atoms with E-state index in [1.165, 1.54) is 20.6 Å². The molecule has 30 heteroatoms. The predicted molar refractivity (Wildman–Crippen MR) is 398 cm³/mol. The van der Waals surface area contributed by atoms with Gasteiger partial charge in [0, 0.05) is 101 Å². The van der Waals surface area contributed by atoms with Crippen molar-refractivity contribution < 1.29 is 47.9 Å². The summed E-state index contributed by atoms with van der Waals surface area (Å²) in [6.45, 7) is 25.7. The number of nitrogens with zero attached hydrogens (tertiary/aromatic N) is 17. The highest BCUT2D eigenvalue weighted by Crippen LogP contribution is 2.38.